The number of alkyl halides is 1. The summed E-state index contributed by atoms with van der Waals surface area (Å²) in [5.74, 6) is -0.398. The lowest BCUT2D eigenvalue weighted by Gasteiger charge is -2.44. The number of amides is 2. The number of aliphatic hydroxyl groups is 3. The van der Waals surface area contributed by atoms with Crippen LogP contribution in [-0.4, -0.2) is 93.3 Å². The third-order valence-electron chi connectivity index (χ3n) is 6.88. The molecule has 0 aromatic heterocycles. The minimum Gasteiger partial charge on any atom is -0.388 e. The van der Waals surface area contributed by atoms with Gasteiger partial charge in [-0.2, -0.15) is 0 Å². The summed E-state index contributed by atoms with van der Waals surface area (Å²) in [7, 11) is 0. The van der Waals surface area contributed by atoms with Crippen LogP contribution in [0.15, 0.2) is 23.8 Å². The minimum atomic E-state index is -1.42. The highest BCUT2D eigenvalue weighted by Gasteiger charge is 2.48. The number of ether oxygens (including phenoxy) is 1. The molecule has 8 atom stereocenters. The SMILES string of the molecule is CS[C@H]1O[C@H](C(NC(=O)[C@@H]2CC=C(/C=C/C(=O)NC3CCCC3)CCN2)C(C)Cl)[C@H](O)[C@H](O)[C@H]1O. The summed E-state index contributed by atoms with van der Waals surface area (Å²) < 4.78 is 5.81. The molecule has 3 rings (SSSR count). The number of hydrogen-bond acceptors (Lipinski definition) is 8. The van der Waals surface area contributed by atoms with Crippen LogP contribution in [0.4, 0.5) is 0 Å². The molecule has 1 saturated heterocycles. The van der Waals surface area contributed by atoms with Crippen LogP contribution < -0.4 is 16.0 Å². The zero-order valence-corrected chi connectivity index (χ0v) is 21.8. The second kappa shape index (κ2) is 13.4. The molecule has 1 aliphatic carbocycles. The van der Waals surface area contributed by atoms with E-state index < -0.39 is 47.3 Å². The molecular weight excluding hydrogens is 494 g/mol. The standard InChI is InChI=1S/C24H38ClN3O6S/c1-13(25)18(22-20(31)19(30)21(32)24(34-22)35-2)28-23(33)16-9-7-14(11-12-26-16)8-10-17(29)27-15-5-3-4-6-15/h7-8,10,13,15-16,18-22,24,26,30-32H,3-6,9,11-12H2,1-2H3,(H,27,29)(H,28,33)/b10-8+/t13?,16-,18?,19-,20+,21+,22+,24+/m0/s1. The molecular formula is C24H38ClN3O6S. The molecule has 0 aromatic carbocycles. The molecule has 3 aliphatic rings. The molecule has 0 radical (unpaired) electrons. The molecule has 6 N–H and O–H groups in total. The van der Waals surface area contributed by atoms with Crippen molar-refractivity contribution in [2.75, 3.05) is 12.8 Å². The van der Waals surface area contributed by atoms with Crippen LogP contribution >= 0.6 is 23.4 Å². The molecule has 0 aromatic rings. The largest absolute Gasteiger partial charge is 0.388 e. The molecule has 0 bridgehead atoms. The third kappa shape index (κ3) is 7.67. The van der Waals surface area contributed by atoms with Crippen LogP contribution in [0.3, 0.4) is 0 Å². The van der Waals surface area contributed by atoms with Crippen molar-refractivity contribution in [1.29, 1.82) is 0 Å². The van der Waals surface area contributed by atoms with Gasteiger partial charge in [0.25, 0.3) is 0 Å². The first-order chi connectivity index (χ1) is 16.7. The van der Waals surface area contributed by atoms with Crippen molar-refractivity contribution in [2.45, 2.75) is 98.8 Å². The average Bonchev–Trinajstić information content (AvgIpc) is 3.22. The summed E-state index contributed by atoms with van der Waals surface area (Å²) in [6.07, 6.45) is 7.44. The summed E-state index contributed by atoms with van der Waals surface area (Å²) in [6, 6.07) is -1.05. The Hall–Kier alpha value is -1.14. The third-order valence-corrected chi connectivity index (χ3v) is 8.01. The van der Waals surface area contributed by atoms with E-state index in [1.165, 1.54) is 11.8 Å². The molecule has 0 spiro atoms. The Morgan fingerprint density at radius 2 is 1.94 bits per heavy atom. The van der Waals surface area contributed by atoms with Crippen molar-refractivity contribution in [3.8, 4) is 0 Å². The number of carbonyl (C=O) groups is 2. The summed E-state index contributed by atoms with van der Waals surface area (Å²) in [5, 5.41) is 39.4. The van der Waals surface area contributed by atoms with Gasteiger partial charge in [-0.1, -0.05) is 30.6 Å². The van der Waals surface area contributed by atoms with Crippen molar-refractivity contribution in [3.05, 3.63) is 23.8 Å². The fourth-order valence-corrected chi connectivity index (χ4v) is 5.67. The van der Waals surface area contributed by atoms with Crippen molar-refractivity contribution in [3.63, 3.8) is 0 Å². The first-order valence-electron chi connectivity index (χ1n) is 12.3. The van der Waals surface area contributed by atoms with E-state index in [1.807, 2.05) is 6.08 Å². The normalized spacial score (nSPS) is 34.2. The molecule has 1 saturated carbocycles. The topological polar surface area (TPSA) is 140 Å². The lowest BCUT2D eigenvalue weighted by molar-refractivity contribution is -0.205. The van der Waals surface area contributed by atoms with E-state index in [9.17, 15) is 24.9 Å². The molecule has 2 aliphatic heterocycles. The summed E-state index contributed by atoms with van der Waals surface area (Å²) >= 11 is 7.55. The van der Waals surface area contributed by atoms with E-state index >= 15 is 0 Å². The van der Waals surface area contributed by atoms with Crippen molar-refractivity contribution in [2.24, 2.45) is 0 Å². The van der Waals surface area contributed by atoms with Gasteiger partial charge in [-0.15, -0.1) is 23.4 Å². The van der Waals surface area contributed by atoms with E-state index in [0.717, 1.165) is 31.3 Å². The Morgan fingerprint density at radius 3 is 2.60 bits per heavy atom. The number of thioether (sulfide) groups is 1. The number of allylic oxidation sites excluding steroid dienone is 1. The number of hydrogen-bond donors (Lipinski definition) is 6. The molecule has 2 unspecified atom stereocenters. The monoisotopic (exact) mass is 531 g/mol. The average molecular weight is 532 g/mol. The second-order valence-corrected chi connectivity index (χ2v) is 11.1. The molecule has 11 heteroatoms. The van der Waals surface area contributed by atoms with Gasteiger partial charge in [0, 0.05) is 12.1 Å². The number of nitrogens with one attached hydrogen (secondary N) is 3. The molecule has 2 fully saturated rings. The highest BCUT2D eigenvalue weighted by atomic mass is 35.5. The maximum absolute atomic E-state index is 13.1. The lowest BCUT2D eigenvalue weighted by atomic mass is 9.93. The summed E-state index contributed by atoms with van der Waals surface area (Å²) in [6.45, 7) is 2.23. The fraction of sp³-hybridized carbons (Fsp3) is 0.750. The van der Waals surface area contributed by atoms with Gasteiger partial charge in [0.05, 0.1) is 17.5 Å². The second-order valence-electron chi connectivity index (χ2n) is 9.48. The van der Waals surface area contributed by atoms with Crippen LogP contribution in [0.1, 0.15) is 45.4 Å². The summed E-state index contributed by atoms with van der Waals surface area (Å²) in [5.41, 5.74) is 0.218. The van der Waals surface area contributed by atoms with E-state index in [0.29, 0.717) is 19.4 Å². The molecule has 2 heterocycles. The summed E-state index contributed by atoms with van der Waals surface area (Å²) in [4.78, 5) is 25.2. The fourth-order valence-electron chi connectivity index (χ4n) is 4.79. The first-order valence-corrected chi connectivity index (χ1v) is 14.0. The molecule has 2 amide bonds. The highest BCUT2D eigenvalue weighted by molar-refractivity contribution is 7.99. The van der Waals surface area contributed by atoms with Crippen LogP contribution in [0.2, 0.25) is 0 Å². The van der Waals surface area contributed by atoms with Crippen LogP contribution in [0, 0.1) is 0 Å². The van der Waals surface area contributed by atoms with Crippen LogP contribution in [0.5, 0.6) is 0 Å². The van der Waals surface area contributed by atoms with Gasteiger partial charge in [-0.3, -0.25) is 9.59 Å². The van der Waals surface area contributed by atoms with Gasteiger partial charge in [-0.25, -0.2) is 0 Å². The first kappa shape index (κ1) is 28.4. The maximum Gasteiger partial charge on any atom is 0.244 e. The van der Waals surface area contributed by atoms with Crippen molar-refractivity contribution < 1.29 is 29.6 Å². The zero-order chi connectivity index (χ0) is 25.5. The Morgan fingerprint density at radius 1 is 1.23 bits per heavy atom. The van der Waals surface area contributed by atoms with Gasteiger partial charge in [-0.05, 0) is 45.4 Å². The predicted octanol–water partition coefficient (Wildman–Crippen LogP) is 0.563. The molecule has 35 heavy (non-hydrogen) atoms. The van der Waals surface area contributed by atoms with Crippen LogP contribution in [-0.2, 0) is 14.3 Å². The minimum absolute atomic E-state index is 0.0925. The number of aliphatic hydroxyl groups excluding tert-OH is 3. The Kier molecular flexibility index (Phi) is 10.9. The van der Waals surface area contributed by atoms with E-state index in [-0.39, 0.29) is 17.9 Å². The Labute approximate surface area is 216 Å². The van der Waals surface area contributed by atoms with E-state index in [2.05, 4.69) is 16.0 Å². The van der Waals surface area contributed by atoms with Gasteiger partial charge in [0.15, 0.2) is 0 Å². The quantitative estimate of drug-likeness (QED) is 0.197. The van der Waals surface area contributed by atoms with Gasteiger partial charge in [0.2, 0.25) is 11.8 Å². The Bertz CT molecular complexity index is 789. The van der Waals surface area contributed by atoms with Crippen molar-refractivity contribution in [1.82, 2.24) is 16.0 Å². The van der Waals surface area contributed by atoms with E-state index in [4.69, 9.17) is 16.3 Å². The van der Waals surface area contributed by atoms with Gasteiger partial charge >= 0.3 is 0 Å². The number of rotatable bonds is 8. The highest BCUT2D eigenvalue weighted by Crippen LogP contribution is 2.30. The zero-order valence-electron chi connectivity index (χ0n) is 20.2. The number of halogens is 1. The number of carbonyl (C=O) groups excluding carboxylic acids is 2. The van der Waals surface area contributed by atoms with Gasteiger partial charge < -0.3 is 36.0 Å². The Balaban J connectivity index is 1.59. The van der Waals surface area contributed by atoms with Gasteiger partial charge in [0.1, 0.15) is 29.9 Å². The molecule has 198 valence electrons. The maximum atomic E-state index is 13.1. The van der Waals surface area contributed by atoms with E-state index in [1.54, 1.807) is 25.3 Å². The van der Waals surface area contributed by atoms with Crippen LogP contribution in [0.25, 0.3) is 0 Å². The smallest absolute Gasteiger partial charge is 0.244 e. The molecule has 9 nitrogen and oxygen atoms in total. The van der Waals surface area contributed by atoms with Crippen molar-refractivity contribution >= 4 is 35.2 Å². The predicted molar refractivity (Wildman–Crippen MR) is 136 cm³/mol. The lowest BCUT2D eigenvalue weighted by Crippen LogP contribution is -2.65.